The molecule has 0 spiro atoms. The van der Waals surface area contributed by atoms with E-state index in [1.807, 2.05) is 47.4 Å². The van der Waals surface area contributed by atoms with Crippen molar-refractivity contribution in [3.05, 3.63) is 54.6 Å². The highest BCUT2D eigenvalue weighted by molar-refractivity contribution is 5.92. The Morgan fingerprint density at radius 1 is 0.710 bits per heavy atom. The average Bonchev–Trinajstić information content (AvgIpc) is 2.84. The summed E-state index contributed by atoms with van der Waals surface area (Å²) in [7, 11) is 0. The van der Waals surface area contributed by atoms with Gasteiger partial charge in [-0.25, -0.2) is 4.79 Å². The van der Waals surface area contributed by atoms with Crippen molar-refractivity contribution < 1.29 is 9.59 Å². The highest BCUT2D eigenvalue weighted by Gasteiger charge is 2.21. The number of anilines is 3. The first-order chi connectivity index (χ1) is 15.2. The van der Waals surface area contributed by atoms with Gasteiger partial charge in [0.2, 0.25) is 5.91 Å². The van der Waals surface area contributed by atoms with Crippen molar-refractivity contribution in [2.75, 3.05) is 60.9 Å². The van der Waals surface area contributed by atoms with Crippen molar-refractivity contribution in [1.29, 1.82) is 0 Å². The van der Waals surface area contributed by atoms with Gasteiger partial charge in [-0.3, -0.25) is 4.79 Å². The second kappa shape index (κ2) is 10.2. The lowest BCUT2D eigenvalue weighted by Gasteiger charge is -2.36. The van der Waals surface area contributed by atoms with E-state index < -0.39 is 0 Å². The van der Waals surface area contributed by atoms with E-state index in [9.17, 15) is 9.59 Å². The van der Waals surface area contributed by atoms with Gasteiger partial charge in [0, 0.05) is 56.3 Å². The Bertz CT molecular complexity index is 857. The summed E-state index contributed by atoms with van der Waals surface area (Å²) in [5, 5.41) is 5.50. The molecular weight excluding hydrogens is 390 g/mol. The van der Waals surface area contributed by atoms with Crippen molar-refractivity contribution in [1.82, 2.24) is 10.2 Å². The number of piperidine rings is 1. The van der Waals surface area contributed by atoms with Crippen molar-refractivity contribution in [2.45, 2.75) is 19.3 Å². The zero-order chi connectivity index (χ0) is 21.5. The van der Waals surface area contributed by atoms with Gasteiger partial charge in [-0.15, -0.1) is 0 Å². The van der Waals surface area contributed by atoms with Crippen molar-refractivity contribution in [3.63, 3.8) is 0 Å². The molecule has 2 aliphatic heterocycles. The number of nitrogens with zero attached hydrogens (tertiary/aromatic N) is 3. The zero-order valence-corrected chi connectivity index (χ0v) is 17.9. The molecule has 4 rings (SSSR count). The number of carbonyl (C=O) groups is 2. The van der Waals surface area contributed by atoms with E-state index in [0.29, 0.717) is 13.1 Å². The summed E-state index contributed by atoms with van der Waals surface area (Å²) in [5.74, 6) is -0.0525. The van der Waals surface area contributed by atoms with Gasteiger partial charge in [0.1, 0.15) is 0 Å². The predicted molar refractivity (Wildman–Crippen MR) is 125 cm³/mol. The van der Waals surface area contributed by atoms with Crippen LogP contribution in [0.3, 0.4) is 0 Å². The molecule has 2 aromatic carbocycles. The Balaban J connectivity index is 1.19. The van der Waals surface area contributed by atoms with Crippen LogP contribution in [-0.2, 0) is 4.79 Å². The van der Waals surface area contributed by atoms with Crippen LogP contribution in [0.25, 0.3) is 0 Å². The first-order valence-electron chi connectivity index (χ1n) is 11.2. The topological polar surface area (TPSA) is 67.9 Å². The molecule has 0 radical (unpaired) electrons. The van der Waals surface area contributed by atoms with Crippen LogP contribution in [0.4, 0.5) is 21.9 Å². The van der Waals surface area contributed by atoms with E-state index in [4.69, 9.17) is 0 Å². The van der Waals surface area contributed by atoms with Gasteiger partial charge < -0.3 is 25.3 Å². The van der Waals surface area contributed by atoms with E-state index in [2.05, 4.69) is 32.6 Å². The molecule has 7 heteroatoms. The zero-order valence-electron chi connectivity index (χ0n) is 17.9. The molecule has 0 unspecified atom stereocenters. The van der Waals surface area contributed by atoms with Crippen LogP contribution in [0, 0.1) is 0 Å². The van der Waals surface area contributed by atoms with Crippen LogP contribution in [0.5, 0.6) is 0 Å². The predicted octanol–water partition coefficient (Wildman–Crippen LogP) is 3.15. The summed E-state index contributed by atoms with van der Waals surface area (Å²) in [6.07, 6.45) is 3.77. The van der Waals surface area contributed by atoms with Crippen LogP contribution in [0.15, 0.2) is 54.6 Å². The first kappa shape index (κ1) is 21.0. The molecule has 2 aromatic rings. The molecular formula is C24H31N5O2. The lowest BCUT2D eigenvalue weighted by atomic mass is 10.1. The number of rotatable bonds is 5. The fourth-order valence-electron chi connectivity index (χ4n) is 4.20. The molecule has 2 fully saturated rings. The summed E-state index contributed by atoms with van der Waals surface area (Å²) in [4.78, 5) is 31.2. The van der Waals surface area contributed by atoms with Gasteiger partial charge in [-0.05, 0) is 55.7 Å². The maximum atomic E-state index is 12.5. The van der Waals surface area contributed by atoms with E-state index >= 15 is 0 Å². The first-order valence-corrected chi connectivity index (χ1v) is 11.2. The standard InChI is InChI=1S/C24H31N5O2/c30-23(29-17-15-28(16-18-29)21-7-3-1-4-8-21)19-25-24(31)26-20-9-11-22(12-10-20)27-13-5-2-6-14-27/h1,3-4,7-12H,2,5-6,13-19H2,(H2,25,26,31). The van der Waals surface area contributed by atoms with Crippen LogP contribution in [-0.4, -0.2) is 62.7 Å². The van der Waals surface area contributed by atoms with E-state index in [0.717, 1.165) is 31.9 Å². The lowest BCUT2D eigenvalue weighted by molar-refractivity contribution is -0.130. The largest absolute Gasteiger partial charge is 0.372 e. The summed E-state index contributed by atoms with van der Waals surface area (Å²) < 4.78 is 0. The molecule has 0 atom stereocenters. The van der Waals surface area contributed by atoms with E-state index in [1.165, 1.54) is 30.6 Å². The summed E-state index contributed by atoms with van der Waals surface area (Å²) in [5.41, 5.74) is 3.09. The lowest BCUT2D eigenvalue weighted by Crippen LogP contribution is -2.51. The maximum Gasteiger partial charge on any atom is 0.319 e. The van der Waals surface area contributed by atoms with Gasteiger partial charge >= 0.3 is 6.03 Å². The molecule has 2 heterocycles. The number of hydrogen-bond donors (Lipinski definition) is 2. The molecule has 0 saturated carbocycles. The fraction of sp³-hybridized carbons (Fsp3) is 0.417. The molecule has 7 nitrogen and oxygen atoms in total. The summed E-state index contributed by atoms with van der Waals surface area (Å²) >= 11 is 0. The number of amides is 3. The maximum absolute atomic E-state index is 12.5. The third-order valence-corrected chi connectivity index (χ3v) is 6.00. The second-order valence-electron chi connectivity index (χ2n) is 8.11. The Morgan fingerprint density at radius 2 is 1.32 bits per heavy atom. The summed E-state index contributed by atoms with van der Waals surface area (Å²) in [6.45, 7) is 5.10. The normalized spacial score (nSPS) is 16.7. The van der Waals surface area contributed by atoms with E-state index in [1.54, 1.807) is 0 Å². The Hall–Kier alpha value is -3.22. The number of nitrogens with one attached hydrogen (secondary N) is 2. The minimum Gasteiger partial charge on any atom is -0.372 e. The molecule has 0 bridgehead atoms. The minimum atomic E-state index is -0.359. The third-order valence-electron chi connectivity index (χ3n) is 6.00. The Kier molecular flexibility index (Phi) is 6.92. The number of hydrogen-bond acceptors (Lipinski definition) is 4. The van der Waals surface area contributed by atoms with Crippen LogP contribution < -0.4 is 20.4 Å². The van der Waals surface area contributed by atoms with Gasteiger partial charge in [-0.1, -0.05) is 18.2 Å². The quantitative estimate of drug-likeness (QED) is 0.778. The fourth-order valence-corrected chi connectivity index (χ4v) is 4.20. The molecule has 3 amide bonds. The smallest absolute Gasteiger partial charge is 0.319 e. The third kappa shape index (κ3) is 5.69. The number of urea groups is 1. The Labute approximate surface area is 184 Å². The molecule has 2 saturated heterocycles. The molecule has 2 aliphatic rings. The SMILES string of the molecule is O=C(NCC(=O)N1CCN(c2ccccc2)CC1)Nc1ccc(N2CCCCC2)cc1. The molecule has 164 valence electrons. The number of benzene rings is 2. The second-order valence-corrected chi connectivity index (χ2v) is 8.11. The van der Waals surface area contributed by atoms with E-state index in [-0.39, 0.29) is 18.5 Å². The highest BCUT2D eigenvalue weighted by Crippen LogP contribution is 2.21. The molecule has 0 aromatic heterocycles. The van der Waals surface area contributed by atoms with Gasteiger partial charge in [-0.2, -0.15) is 0 Å². The van der Waals surface area contributed by atoms with Gasteiger partial charge in [0.05, 0.1) is 6.54 Å². The molecule has 31 heavy (non-hydrogen) atoms. The number of piperazine rings is 1. The van der Waals surface area contributed by atoms with Crippen LogP contribution in [0.1, 0.15) is 19.3 Å². The van der Waals surface area contributed by atoms with Crippen LogP contribution >= 0.6 is 0 Å². The number of carbonyl (C=O) groups excluding carboxylic acids is 2. The Morgan fingerprint density at radius 3 is 2.00 bits per heavy atom. The van der Waals surface area contributed by atoms with Gasteiger partial charge in [0.15, 0.2) is 0 Å². The van der Waals surface area contributed by atoms with Crippen LogP contribution in [0.2, 0.25) is 0 Å². The molecule has 2 N–H and O–H groups in total. The number of para-hydroxylation sites is 1. The van der Waals surface area contributed by atoms with Crippen molar-refractivity contribution >= 4 is 29.0 Å². The van der Waals surface area contributed by atoms with Gasteiger partial charge in [0.25, 0.3) is 0 Å². The molecule has 0 aliphatic carbocycles. The minimum absolute atomic E-state index is 0.00301. The summed E-state index contributed by atoms with van der Waals surface area (Å²) in [6, 6.07) is 17.8. The average molecular weight is 422 g/mol. The monoisotopic (exact) mass is 421 g/mol. The van der Waals surface area contributed by atoms with Crippen molar-refractivity contribution in [3.8, 4) is 0 Å². The van der Waals surface area contributed by atoms with Crippen molar-refractivity contribution in [2.24, 2.45) is 0 Å². The highest BCUT2D eigenvalue weighted by atomic mass is 16.2.